The third-order valence-electron chi connectivity index (χ3n) is 3.87. The summed E-state index contributed by atoms with van der Waals surface area (Å²) in [7, 11) is 0. The topological polar surface area (TPSA) is 60.7 Å². The molecule has 0 fully saturated rings. The third kappa shape index (κ3) is 5.36. The summed E-state index contributed by atoms with van der Waals surface area (Å²) in [5.74, 6) is 0.418. The highest BCUT2D eigenvalue weighted by Crippen LogP contribution is 2.28. The molecule has 1 aromatic carbocycles. The summed E-state index contributed by atoms with van der Waals surface area (Å²) in [5.41, 5.74) is 4.95. The first-order chi connectivity index (χ1) is 11.5. The molecular weight excluding hydrogens is 320 g/mol. The molecule has 0 saturated carbocycles. The summed E-state index contributed by atoms with van der Waals surface area (Å²) in [6.07, 6.45) is 1.57. The summed E-state index contributed by atoms with van der Waals surface area (Å²) in [6.45, 7) is 4.14. The fourth-order valence-electron chi connectivity index (χ4n) is 2.42. The van der Waals surface area contributed by atoms with Crippen molar-refractivity contribution in [3.63, 3.8) is 0 Å². The number of aromatic hydroxyl groups is 1. The van der Waals surface area contributed by atoms with Crippen molar-refractivity contribution in [1.29, 1.82) is 0 Å². The van der Waals surface area contributed by atoms with Gasteiger partial charge >= 0.3 is 0 Å². The monoisotopic (exact) mass is 344 g/mol. The Bertz CT molecular complexity index is 697. The summed E-state index contributed by atoms with van der Waals surface area (Å²) in [6, 6.07) is 10.5. The smallest absolute Gasteiger partial charge is 0.115 e. The quantitative estimate of drug-likeness (QED) is 0.636. The molecule has 0 saturated heterocycles. The molecule has 128 valence electrons. The molecule has 0 bridgehead atoms. The summed E-state index contributed by atoms with van der Waals surface area (Å²) >= 11 is 1.55. The molecule has 0 unspecified atom stereocenters. The van der Waals surface area contributed by atoms with E-state index in [9.17, 15) is 15.3 Å². The second kappa shape index (κ2) is 8.86. The van der Waals surface area contributed by atoms with Crippen LogP contribution in [-0.2, 0) is 0 Å². The first-order valence-electron chi connectivity index (χ1n) is 8.09. The first-order valence-corrected chi connectivity index (χ1v) is 8.97. The van der Waals surface area contributed by atoms with E-state index in [1.165, 1.54) is 0 Å². The number of aliphatic hydroxyl groups excluding tert-OH is 2. The fourth-order valence-corrected chi connectivity index (χ4v) is 3.13. The van der Waals surface area contributed by atoms with E-state index < -0.39 is 12.2 Å². The molecule has 1 aromatic heterocycles. The van der Waals surface area contributed by atoms with Crippen LogP contribution in [0.15, 0.2) is 59.2 Å². The average molecular weight is 344 g/mol. The van der Waals surface area contributed by atoms with Gasteiger partial charge in [-0.25, -0.2) is 0 Å². The molecule has 0 aliphatic rings. The number of aliphatic hydroxyl groups is 2. The molecule has 0 spiro atoms. The van der Waals surface area contributed by atoms with E-state index in [0.717, 1.165) is 10.5 Å². The van der Waals surface area contributed by atoms with Gasteiger partial charge in [0.2, 0.25) is 0 Å². The maximum absolute atomic E-state index is 10.3. The van der Waals surface area contributed by atoms with Crippen LogP contribution in [-0.4, -0.2) is 15.3 Å². The van der Waals surface area contributed by atoms with Crippen LogP contribution in [0.5, 0.6) is 5.75 Å². The van der Waals surface area contributed by atoms with E-state index in [1.54, 1.807) is 35.6 Å². The highest BCUT2D eigenvalue weighted by molar-refractivity contribution is 7.10. The van der Waals surface area contributed by atoms with Gasteiger partial charge in [-0.2, -0.15) is 0 Å². The van der Waals surface area contributed by atoms with Crippen LogP contribution in [0.2, 0.25) is 0 Å². The summed E-state index contributed by atoms with van der Waals surface area (Å²) in [4.78, 5) is 0.953. The SMILES string of the molecule is CC(C)C(=C=CC[C@@H](O)c1cccc(O)c1)C[C@@H](O)c1cccs1. The molecule has 0 radical (unpaired) electrons. The summed E-state index contributed by atoms with van der Waals surface area (Å²) < 4.78 is 0. The normalized spacial score (nSPS) is 13.4. The lowest BCUT2D eigenvalue weighted by Crippen LogP contribution is -2.01. The van der Waals surface area contributed by atoms with Crippen molar-refractivity contribution in [3.05, 3.63) is 69.6 Å². The van der Waals surface area contributed by atoms with Crippen molar-refractivity contribution in [3.8, 4) is 5.75 Å². The zero-order valence-electron chi connectivity index (χ0n) is 14.0. The van der Waals surface area contributed by atoms with Crippen LogP contribution in [0.3, 0.4) is 0 Å². The number of phenolic OH excluding ortho intramolecular Hbond substituents is 1. The molecule has 3 nitrogen and oxygen atoms in total. The molecule has 4 heteroatoms. The standard InChI is InChI=1S/C20H24O3S/c1-14(2)15(13-19(23)20-10-5-11-24-20)6-4-9-18(22)16-7-3-8-17(21)12-16/h3-5,7-8,10-12,14,18-19,21-23H,9,13H2,1-2H3/t6?,18-,19-/m1/s1. The van der Waals surface area contributed by atoms with Gasteiger partial charge in [0, 0.05) is 17.7 Å². The molecule has 0 aliphatic carbocycles. The lowest BCUT2D eigenvalue weighted by atomic mass is 9.97. The van der Waals surface area contributed by atoms with E-state index in [2.05, 4.69) is 19.6 Å². The predicted molar refractivity (Wildman–Crippen MR) is 98.0 cm³/mol. The highest BCUT2D eigenvalue weighted by atomic mass is 32.1. The van der Waals surface area contributed by atoms with Crippen molar-refractivity contribution < 1.29 is 15.3 Å². The third-order valence-corrected chi connectivity index (χ3v) is 4.84. The van der Waals surface area contributed by atoms with Gasteiger partial charge in [0.1, 0.15) is 5.75 Å². The zero-order valence-corrected chi connectivity index (χ0v) is 14.8. The molecular formula is C20H24O3S. The van der Waals surface area contributed by atoms with Crippen molar-refractivity contribution in [2.45, 2.75) is 38.9 Å². The van der Waals surface area contributed by atoms with Crippen molar-refractivity contribution in [2.24, 2.45) is 5.92 Å². The fraction of sp³-hybridized carbons (Fsp3) is 0.350. The van der Waals surface area contributed by atoms with E-state index in [-0.39, 0.29) is 11.7 Å². The second-order valence-electron chi connectivity index (χ2n) is 6.11. The molecule has 2 rings (SSSR count). The van der Waals surface area contributed by atoms with Crippen LogP contribution in [0, 0.1) is 5.92 Å². The Labute approximate surface area is 147 Å². The number of thiophene rings is 1. The van der Waals surface area contributed by atoms with Crippen LogP contribution in [0.25, 0.3) is 0 Å². The van der Waals surface area contributed by atoms with Crippen LogP contribution < -0.4 is 0 Å². The maximum atomic E-state index is 10.3. The van der Waals surface area contributed by atoms with Crippen molar-refractivity contribution >= 4 is 11.3 Å². The Kier molecular flexibility index (Phi) is 6.83. The minimum absolute atomic E-state index is 0.146. The first kappa shape index (κ1) is 18.5. The predicted octanol–water partition coefficient (Wildman–Crippen LogP) is 4.74. The Balaban J connectivity index is 2.05. The Morgan fingerprint density at radius 2 is 1.96 bits per heavy atom. The van der Waals surface area contributed by atoms with Gasteiger partial charge in [-0.1, -0.05) is 32.0 Å². The Morgan fingerprint density at radius 3 is 2.58 bits per heavy atom. The van der Waals surface area contributed by atoms with Crippen LogP contribution in [0.1, 0.15) is 49.3 Å². The second-order valence-corrected chi connectivity index (χ2v) is 7.09. The van der Waals surface area contributed by atoms with E-state index >= 15 is 0 Å². The highest BCUT2D eigenvalue weighted by Gasteiger charge is 2.13. The molecule has 1 heterocycles. The Hall–Kier alpha value is -1.84. The average Bonchev–Trinajstić information content (AvgIpc) is 3.08. The van der Waals surface area contributed by atoms with E-state index in [4.69, 9.17) is 0 Å². The minimum Gasteiger partial charge on any atom is -0.508 e. The number of rotatable bonds is 7. The number of hydrogen-bond donors (Lipinski definition) is 3. The largest absolute Gasteiger partial charge is 0.508 e. The van der Waals surface area contributed by atoms with Gasteiger partial charge in [0.05, 0.1) is 12.2 Å². The summed E-state index contributed by atoms with van der Waals surface area (Å²) in [5, 5.41) is 31.9. The lowest BCUT2D eigenvalue weighted by Gasteiger charge is -2.13. The van der Waals surface area contributed by atoms with Crippen LogP contribution in [0.4, 0.5) is 0 Å². The van der Waals surface area contributed by atoms with Crippen molar-refractivity contribution in [2.75, 3.05) is 0 Å². The number of phenols is 1. The molecule has 0 amide bonds. The minimum atomic E-state index is -0.680. The van der Waals surface area contributed by atoms with Gasteiger partial charge in [-0.3, -0.25) is 0 Å². The molecule has 3 N–H and O–H groups in total. The van der Waals surface area contributed by atoms with Gasteiger partial charge in [0.25, 0.3) is 0 Å². The number of benzene rings is 1. The molecule has 2 atom stereocenters. The lowest BCUT2D eigenvalue weighted by molar-refractivity contribution is 0.179. The number of hydrogen-bond acceptors (Lipinski definition) is 4. The van der Waals surface area contributed by atoms with Gasteiger partial charge < -0.3 is 15.3 Å². The van der Waals surface area contributed by atoms with Crippen LogP contribution >= 0.6 is 11.3 Å². The molecule has 24 heavy (non-hydrogen) atoms. The molecule has 0 aliphatic heterocycles. The van der Waals surface area contributed by atoms with Crippen molar-refractivity contribution in [1.82, 2.24) is 0 Å². The maximum Gasteiger partial charge on any atom is 0.115 e. The van der Waals surface area contributed by atoms with E-state index in [1.807, 2.05) is 23.6 Å². The zero-order chi connectivity index (χ0) is 17.5. The van der Waals surface area contributed by atoms with Gasteiger partial charge in [0.15, 0.2) is 0 Å². The molecule has 2 aromatic rings. The van der Waals surface area contributed by atoms with Gasteiger partial charge in [-0.15, -0.1) is 17.1 Å². The van der Waals surface area contributed by atoms with E-state index in [0.29, 0.717) is 18.4 Å². The Morgan fingerprint density at radius 1 is 1.17 bits per heavy atom. The van der Waals surface area contributed by atoms with Gasteiger partial charge in [-0.05, 0) is 46.7 Å².